The van der Waals surface area contributed by atoms with E-state index < -0.39 is 5.92 Å². The van der Waals surface area contributed by atoms with Crippen LogP contribution >= 0.6 is 0 Å². The van der Waals surface area contributed by atoms with Gasteiger partial charge in [0.05, 0.1) is 12.5 Å². The van der Waals surface area contributed by atoms with Crippen LogP contribution in [0.2, 0.25) is 0 Å². The lowest BCUT2D eigenvalue weighted by Gasteiger charge is -2.13. The predicted molar refractivity (Wildman–Crippen MR) is 88.3 cm³/mol. The molecule has 0 radical (unpaired) electrons. The molecule has 1 atom stereocenters. The molecule has 0 saturated carbocycles. The van der Waals surface area contributed by atoms with Gasteiger partial charge in [-0.15, -0.1) is 0 Å². The van der Waals surface area contributed by atoms with Gasteiger partial charge >= 0.3 is 5.97 Å². The number of esters is 1. The molecular formula is C17H24N2O4. The summed E-state index contributed by atoms with van der Waals surface area (Å²) in [5.74, 6) is -0.512. The standard InChI is InChI=1S/C17H24N2O4/c1-5-14(17(21)22-6-2)13(4)18-19-16(20)11-23-15-10-8-7-9-12(15)3/h7-10,14H,5-6,11H2,1-4H3,(H,19,20). The highest BCUT2D eigenvalue weighted by Gasteiger charge is 2.21. The van der Waals surface area contributed by atoms with Gasteiger partial charge in [0.1, 0.15) is 5.75 Å². The van der Waals surface area contributed by atoms with Gasteiger partial charge in [-0.3, -0.25) is 9.59 Å². The minimum atomic E-state index is -0.451. The molecule has 1 rings (SSSR count). The minimum absolute atomic E-state index is 0.141. The number of carbonyl (C=O) groups is 2. The third-order valence-electron chi connectivity index (χ3n) is 3.29. The Morgan fingerprint density at radius 1 is 1.26 bits per heavy atom. The normalized spacial score (nSPS) is 12.4. The van der Waals surface area contributed by atoms with Crippen molar-refractivity contribution in [3.63, 3.8) is 0 Å². The lowest BCUT2D eigenvalue weighted by atomic mass is 10.0. The Labute approximate surface area is 136 Å². The summed E-state index contributed by atoms with van der Waals surface area (Å²) in [7, 11) is 0. The third kappa shape index (κ3) is 6.10. The third-order valence-corrected chi connectivity index (χ3v) is 3.29. The zero-order chi connectivity index (χ0) is 17.2. The number of amides is 1. The van der Waals surface area contributed by atoms with E-state index in [0.717, 1.165) is 5.56 Å². The van der Waals surface area contributed by atoms with Gasteiger partial charge in [-0.25, -0.2) is 5.43 Å². The van der Waals surface area contributed by atoms with Gasteiger partial charge < -0.3 is 9.47 Å². The van der Waals surface area contributed by atoms with Gasteiger partial charge in [0, 0.05) is 5.71 Å². The van der Waals surface area contributed by atoms with E-state index in [4.69, 9.17) is 9.47 Å². The number of hydrogen-bond acceptors (Lipinski definition) is 5. The van der Waals surface area contributed by atoms with E-state index in [1.165, 1.54) is 0 Å². The Bertz CT molecular complexity index is 569. The first-order chi connectivity index (χ1) is 11.0. The fraction of sp³-hybridized carbons (Fsp3) is 0.471. The maximum absolute atomic E-state index is 11.8. The summed E-state index contributed by atoms with van der Waals surface area (Å²) in [6.07, 6.45) is 0.559. The highest BCUT2D eigenvalue weighted by molar-refractivity contribution is 6.01. The van der Waals surface area contributed by atoms with Crippen molar-refractivity contribution in [2.75, 3.05) is 13.2 Å². The van der Waals surface area contributed by atoms with Crippen molar-refractivity contribution in [2.24, 2.45) is 11.0 Å². The summed E-state index contributed by atoms with van der Waals surface area (Å²) in [5, 5.41) is 3.97. The second-order valence-corrected chi connectivity index (χ2v) is 5.06. The van der Waals surface area contributed by atoms with Crippen LogP contribution in [0.15, 0.2) is 29.4 Å². The highest BCUT2D eigenvalue weighted by atomic mass is 16.5. The van der Waals surface area contributed by atoms with Crippen LogP contribution in [0.25, 0.3) is 0 Å². The smallest absolute Gasteiger partial charge is 0.314 e. The first kappa shape index (κ1) is 18.7. The molecule has 0 aliphatic heterocycles. The summed E-state index contributed by atoms with van der Waals surface area (Å²) in [4.78, 5) is 23.5. The van der Waals surface area contributed by atoms with Crippen molar-refractivity contribution < 1.29 is 19.1 Å². The number of nitrogens with one attached hydrogen (secondary N) is 1. The summed E-state index contributed by atoms with van der Waals surface area (Å²) < 4.78 is 10.4. The number of nitrogens with zero attached hydrogens (tertiary/aromatic N) is 1. The molecule has 0 heterocycles. The number of aryl methyl sites for hydroxylation is 1. The van der Waals surface area contributed by atoms with Gasteiger partial charge in [-0.2, -0.15) is 5.10 Å². The van der Waals surface area contributed by atoms with Gasteiger partial charge in [0.25, 0.3) is 5.91 Å². The summed E-state index contributed by atoms with van der Waals surface area (Å²) in [6, 6.07) is 7.44. The maximum atomic E-state index is 11.8. The molecule has 0 bridgehead atoms. The zero-order valence-corrected chi connectivity index (χ0v) is 14.1. The molecule has 0 aliphatic rings. The zero-order valence-electron chi connectivity index (χ0n) is 14.1. The van der Waals surface area contributed by atoms with Crippen molar-refractivity contribution in [1.29, 1.82) is 0 Å². The van der Waals surface area contributed by atoms with Crippen molar-refractivity contribution in [1.82, 2.24) is 5.43 Å². The second kappa shape index (κ2) is 9.61. The molecule has 1 amide bonds. The summed E-state index contributed by atoms with van der Waals surface area (Å²) in [5.41, 5.74) is 3.86. The largest absolute Gasteiger partial charge is 0.483 e. The van der Waals surface area contributed by atoms with Crippen LogP contribution in [0, 0.1) is 12.8 Å². The predicted octanol–water partition coefficient (Wildman–Crippen LogP) is 2.46. The maximum Gasteiger partial charge on any atom is 0.314 e. The molecule has 1 N–H and O–H groups in total. The van der Waals surface area contributed by atoms with E-state index in [9.17, 15) is 9.59 Å². The van der Waals surface area contributed by atoms with Gasteiger partial charge in [0.2, 0.25) is 0 Å². The fourth-order valence-electron chi connectivity index (χ4n) is 2.00. The van der Waals surface area contributed by atoms with Crippen LogP contribution < -0.4 is 10.2 Å². The van der Waals surface area contributed by atoms with E-state index in [2.05, 4.69) is 10.5 Å². The van der Waals surface area contributed by atoms with Crippen LogP contribution in [-0.4, -0.2) is 30.8 Å². The van der Waals surface area contributed by atoms with Crippen molar-refractivity contribution in [2.45, 2.75) is 34.1 Å². The molecular weight excluding hydrogens is 296 g/mol. The number of carbonyl (C=O) groups excluding carboxylic acids is 2. The van der Waals surface area contributed by atoms with Crippen LogP contribution in [0.1, 0.15) is 32.8 Å². The lowest BCUT2D eigenvalue weighted by molar-refractivity contribution is -0.145. The molecule has 1 aromatic rings. The van der Waals surface area contributed by atoms with Gasteiger partial charge in [0.15, 0.2) is 6.61 Å². The Kier molecular flexibility index (Phi) is 7.80. The van der Waals surface area contributed by atoms with Crippen LogP contribution in [0.3, 0.4) is 0 Å². The lowest BCUT2D eigenvalue weighted by Crippen LogP contribution is -2.29. The molecule has 23 heavy (non-hydrogen) atoms. The molecule has 126 valence electrons. The number of ether oxygens (including phenoxy) is 2. The van der Waals surface area contributed by atoms with Crippen molar-refractivity contribution in [3.05, 3.63) is 29.8 Å². The van der Waals surface area contributed by atoms with E-state index in [-0.39, 0.29) is 18.5 Å². The van der Waals surface area contributed by atoms with E-state index in [1.807, 2.05) is 32.0 Å². The molecule has 0 aromatic heterocycles. The molecule has 0 fully saturated rings. The molecule has 0 aliphatic carbocycles. The first-order valence-corrected chi connectivity index (χ1v) is 7.67. The Hall–Kier alpha value is -2.37. The molecule has 1 aromatic carbocycles. The van der Waals surface area contributed by atoms with Crippen molar-refractivity contribution in [3.8, 4) is 5.75 Å². The molecule has 6 heteroatoms. The topological polar surface area (TPSA) is 77.0 Å². The monoisotopic (exact) mass is 320 g/mol. The van der Waals surface area contributed by atoms with Crippen LogP contribution in [0.5, 0.6) is 5.75 Å². The number of benzene rings is 1. The van der Waals surface area contributed by atoms with Crippen LogP contribution in [0.4, 0.5) is 0 Å². The average molecular weight is 320 g/mol. The molecule has 1 unspecified atom stereocenters. The highest BCUT2D eigenvalue weighted by Crippen LogP contribution is 2.15. The minimum Gasteiger partial charge on any atom is -0.483 e. The van der Waals surface area contributed by atoms with E-state index in [1.54, 1.807) is 19.9 Å². The van der Waals surface area contributed by atoms with Crippen molar-refractivity contribution >= 4 is 17.6 Å². The Balaban J connectivity index is 2.53. The fourth-order valence-corrected chi connectivity index (χ4v) is 2.00. The van der Waals surface area contributed by atoms with Crippen LogP contribution in [-0.2, 0) is 14.3 Å². The SMILES string of the molecule is CCOC(=O)C(CC)C(C)=NNC(=O)COc1ccccc1C. The molecule has 6 nitrogen and oxygen atoms in total. The Morgan fingerprint density at radius 3 is 2.57 bits per heavy atom. The summed E-state index contributed by atoms with van der Waals surface area (Å²) >= 11 is 0. The average Bonchev–Trinajstić information content (AvgIpc) is 2.53. The second-order valence-electron chi connectivity index (χ2n) is 5.06. The number of rotatable bonds is 8. The Morgan fingerprint density at radius 2 is 1.96 bits per heavy atom. The van der Waals surface area contributed by atoms with E-state index in [0.29, 0.717) is 24.5 Å². The van der Waals surface area contributed by atoms with Gasteiger partial charge in [-0.1, -0.05) is 25.1 Å². The number of hydrazone groups is 1. The number of hydrogen-bond donors (Lipinski definition) is 1. The quantitative estimate of drug-likeness (QED) is 0.453. The first-order valence-electron chi connectivity index (χ1n) is 7.67. The molecule has 0 saturated heterocycles. The van der Waals surface area contributed by atoms with E-state index >= 15 is 0 Å². The van der Waals surface area contributed by atoms with Gasteiger partial charge in [-0.05, 0) is 38.8 Å². The number of para-hydroxylation sites is 1. The summed E-state index contributed by atoms with van der Waals surface area (Å²) in [6.45, 7) is 7.39. The molecule has 0 spiro atoms.